The van der Waals surface area contributed by atoms with Gasteiger partial charge >= 0.3 is 11.9 Å². The van der Waals surface area contributed by atoms with E-state index in [0.29, 0.717) is 29.0 Å². The van der Waals surface area contributed by atoms with Crippen LogP contribution in [0.15, 0.2) is 54.2 Å². The molecule has 132 valence electrons. The first kappa shape index (κ1) is 17.4. The molecule has 3 rings (SSSR count). The average molecular weight is 351 g/mol. The number of carbonyl (C=O) groups is 3. The van der Waals surface area contributed by atoms with Crippen LogP contribution in [0.1, 0.15) is 33.2 Å². The monoisotopic (exact) mass is 351 g/mol. The van der Waals surface area contributed by atoms with Gasteiger partial charge in [0.1, 0.15) is 11.3 Å². The molecule has 0 bridgehead atoms. The van der Waals surface area contributed by atoms with Crippen molar-refractivity contribution in [3.63, 3.8) is 0 Å². The minimum absolute atomic E-state index is 0.0807. The maximum Gasteiger partial charge on any atom is 0.349 e. The highest BCUT2D eigenvalue weighted by atomic mass is 16.5. The fourth-order valence-electron chi connectivity index (χ4n) is 2.65. The number of anilines is 1. The highest BCUT2D eigenvalue weighted by Gasteiger charge is 2.32. The summed E-state index contributed by atoms with van der Waals surface area (Å²) in [6.45, 7) is 1.93. The molecule has 1 aliphatic heterocycles. The highest BCUT2D eigenvalue weighted by Crippen LogP contribution is 2.31. The van der Waals surface area contributed by atoms with Gasteiger partial charge in [-0.1, -0.05) is 19.1 Å². The van der Waals surface area contributed by atoms with E-state index in [2.05, 4.69) is 10.1 Å². The van der Waals surface area contributed by atoms with E-state index >= 15 is 0 Å². The van der Waals surface area contributed by atoms with Crippen LogP contribution < -0.4 is 10.1 Å². The number of ketones is 1. The van der Waals surface area contributed by atoms with Gasteiger partial charge in [-0.3, -0.25) is 4.79 Å². The van der Waals surface area contributed by atoms with E-state index in [-0.39, 0.29) is 11.4 Å². The van der Waals surface area contributed by atoms with Crippen molar-refractivity contribution in [2.45, 2.75) is 13.3 Å². The van der Waals surface area contributed by atoms with Crippen LogP contribution >= 0.6 is 0 Å². The van der Waals surface area contributed by atoms with Crippen LogP contribution in [0, 0.1) is 0 Å². The summed E-state index contributed by atoms with van der Waals surface area (Å²) in [5.74, 6) is -1.18. The van der Waals surface area contributed by atoms with Crippen LogP contribution in [0.4, 0.5) is 5.69 Å². The largest absolute Gasteiger partial charge is 0.465 e. The normalized spacial score (nSPS) is 14.6. The molecule has 2 aromatic carbocycles. The minimum atomic E-state index is -0.693. The second kappa shape index (κ2) is 7.23. The van der Waals surface area contributed by atoms with Crippen molar-refractivity contribution in [1.82, 2.24) is 0 Å². The molecule has 1 aliphatic rings. The molecule has 6 nitrogen and oxygen atoms in total. The predicted octanol–water partition coefficient (Wildman–Crippen LogP) is 3.13. The first-order chi connectivity index (χ1) is 12.5. The number of carbonyl (C=O) groups excluding carboxylic acids is 3. The van der Waals surface area contributed by atoms with Crippen LogP contribution in [0.2, 0.25) is 0 Å². The van der Waals surface area contributed by atoms with Gasteiger partial charge in [0.25, 0.3) is 0 Å². The van der Waals surface area contributed by atoms with Crippen LogP contribution in [0.25, 0.3) is 0 Å². The fraction of sp³-hybridized carbons (Fsp3) is 0.150. The Hall–Kier alpha value is -3.41. The Morgan fingerprint density at radius 3 is 2.54 bits per heavy atom. The number of aryl methyl sites for hydroxylation is 1. The van der Waals surface area contributed by atoms with Gasteiger partial charge in [0.2, 0.25) is 5.78 Å². The topological polar surface area (TPSA) is 81.7 Å². The Morgan fingerprint density at radius 2 is 1.88 bits per heavy atom. The lowest BCUT2D eigenvalue weighted by atomic mass is 9.97. The van der Waals surface area contributed by atoms with Crippen molar-refractivity contribution in [1.29, 1.82) is 0 Å². The zero-order chi connectivity index (χ0) is 18.7. The first-order valence-corrected chi connectivity index (χ1v) is 8.09. The van der Waals surface area contributed by atoms with E-state index in [1.54, 1.807) is 36.4 Å². The van der Waals surface area contributed by atoms with E-state index in [0.717, 1.165) is 5.56 Å². The van der Waals surface area contributed by atoms with Gasteiger partial charge in [0.05, 0.1) is 18.2 Å². The molecule has 0 saturated heterocycles. The van der Waals surface area contributed by atoms with Crippen molar-refractivity contribution in [3.8, 4) is 5.75 Å². The number of benzene rings is 2. The maximum absolute atomic E-state index is 12.6. The lowest BCUT2D eigenvalue weighted by Gasteiger charge is -2.19. The minimum Gasteiger partial charge on any atom is -0.465 e. The third kappa shape index (κ3) is 3.21. The van der Waals surface area contributed by atoms with Crippen LogP contribution in [-0.2, 0) is 16.0 Å². The molecule has 0 unspecified atom stereocenters. The van der Waals surface area contributed by atoms with E-state index in [9.17, 15) is 14.4 Å². The number of Topliss-reactive ketones (excluding diaryl/α,β-unsaturated/α-hetero) is 1. The molecule has 2 aromatic rings. The first-order valence-electron chi connectivity index (χ1n) is 8.09. The highest BCUT2D eigenvalue weighted by molar-refractivity contribution is 6.28. The average Bonchev–Trinajstić information content (AvgIpc) is 2.67. The van der Waals surface area contributed by atoms with Crippen LogP contribution in [0.5, 0.6) is 5.75 Å². The van der Waals surface area contributed by atoms with E-state index in [1.807, 2.05) is 13.0 Å². The molecule has 0 saturated carbocycles. The third-order valence-electron chi connectivity index (χ3n) is 4.07. The molecule has 0 atom stereocenters. The Labute approximate surface area is 150 Å². The number of hydrogen-bond donors (Lipinski definition) is 1. The number of esters is 2. The fourth-order valence-corrected chi connectivity index (χ4v) is 2.65. The standard InChI is InChI=1S/C20H17NO5/c1-3-12-5-4-6-15-17(22)16(20(24)26-18(12)15)11-21-14-9-7-13(8-10-14)19(23)25-2/h4-11,21H,3H2,1-2H3. The Bertz CT molecular complexity index is 912. The van der Waals surface area contributed by atoms with Crippen molar-refractivity contribution in [2.24, 2.45) is 0 Å². The Kier molecular flexibility index (Phi) is 4.84. The van der Waals surface area contributed by atoms with Crippen molar-refractivity contribution >= 4 is 23.4 Å². The second-order valence-electron chi connectivity index (χ2n) is 5.64. The van der Waals surface area contributed by atoms with Gasteiger partial charge in [0.15, 0.2) is 0 Å². The number of nitrogens with one attached hydrogen (secondary N) is 1. The molecule has 0 radical (unpaired) electrons. The van der Waals surface area contributed by atoms with E-state index < -0.39 is 11.9 Å². The van der Waals surface area contributed by atoms with Crippen LogP contribution in [-0.4, -0.2) is 24.8 Å². The number of para-hydroxylation sites is 1. The molecular formula is C20H17NO5. The van der Waals surface area contributed by atoms with Gasteiger partial charge in [0, 0.05) is 11.9 Å². The molecule has 0 fully saturated rings. The summed E-state index contributed by atoms with van der Waals surface area (Å²) in [6, 6.07) is 11.7. The molecule has 0 amide bonds. The summed E-state index contributed by atoms with van der Waals surface area (Å²) in [5.41, 5.74) is 2.12. The van der Waals surface area contributed by atoms with Gasteiger partial charge in [-0.05, 0) is 42.3 Å². The van der Waals surface area contributed by atoms with Crippen molar-refractivity contribution < 1.29 is 23.9 Å². The number of ether oxygens (including phenoxy) is 2. The number of rotatable bonds is 4. The molecule has 0 spiro atoms. The molecule has 0 aliphatic carbocycles. The zero-order valence-electron chi connectivity index (χ0n) is 14.4. The maximum atomic E-state index is 12.6. The van der Waals surface area contributed by atoms with Gasteiger partial charge < -0.3 is 14.8 Å². The van der Waals surface area contributed by atoms with Gasteiger partial charge in [-0.15, -0.1) is 0 Å². The molecule has 1 heterocycles. The number of methoxy groups -OCH3 is 1. The Balaban J connectivity index is 1.84. The number of fused-ring (bicyclic) bond motifs is 1. The van der Waals surface area contributed by atoms with Crippen molar-refractivity contribution in [3.05, 3.63) is 70.9 Å². The second-order valence-corrected chi connectivity index (χ2v) is 5.64. The van der Waals surface area contributed by atoms with Crippen molar-refractivity contribution in [2.75, 3.05) is 12.4 Å². The Morgan fingerprint density at radius 1 is 1.15 bits per heavy atom. The summed E-state index contributed by atoms with van der Waals surface area (Å²) in [6.07, 6.45) is 1.98. The summed E-state index contributed by atoms with van der Waals surface area (Å²) in [7, 11) is 1.31. The number of hydrogen-bond acceptors (Lipinski definition) is 6. The molecular weight excluding hydrogens is 334 g/mol. The lowest BCUT2D eigenvalue weighted by Crippen LogP contribution is -2.26. The molecule has 26 heavy (non-hydrogen) atoms. The van der Waals surface area contributed by atoms with Crippen LogP contribution in [0.3, 0.4) is 0 Å². The summed E-state index contributed by atoms with van der Waals surface area (Å²) in [5, 5.41) is 2.88. The van der Waals surface area contributed by atoms with E-state index in [1.165, 1.54) is 13.3 Å². The SMILES string of the molecule is CCc1cccc2c1OC(=O)C(=CNc1ccc(C(=O)OC)cc1)C2=O. The summed E-state index contributed by atoms with van der Waals surface area (Å²) >= 11 is 0. The predicted molar refractivity (Wildman–Crippen MR) is 95.3 cm³/mol. The lowest BCUT2D eigenvalue weighted by molar-refractivity contribution is -0.130. The molecule has 0 aromatic heterocycles. The smallest absolute Gasteiger partial charge is 0.349 e. The molecule has 6 heteroatoms. The summed E-state index contributed by atoms with van der Waals surface area (Å²) < 4.78 is 10.00. The third-order valence-corrected chi connectivity index (χ3v) is 4.07. The van der Waals surface area contributed by atoms with Gasteiger partial charge in [-0.25, -0.2) is 9.59 Å². The van der Waals surface area contributed by atoms with E-state index in [4.69, 9.17) is 4.74 Å². The zero-order valence-corrected chi connectivity index (χ0v) is 14.4. The summed E-state index contributed by atoms with van der Waals surface area (Å²) in [4.78, 5) is 36.3. The molecule has 1 N–H and O–H groups in total. The quantitative estimate of drug-likeness (QED) is 0.394. The van der Waals surface area contributed by atoms with Gasteiger partial charge in [-0.2, -0.15) is 0 Å².